The van der Waals surface area contributed by atoms with E-state index in [0.29, 0.717) is 43.1 Å². The summed E-state index contributed by atoms with van der Waals surface area (Å²) in [6, 6.07) is 34.0. The van der Waals surface area contributed by atoms with Crippen molar-refractivity contribution in [3.05, 3.63) is 155 Å². The molecule has 2 N–H and O–H groups in total. The summed E-state index contributed by atoms with van der Waals surface area (Å²) >= 11 is 6.42. The van der Waals surface area contributed by atoms with Crippen LogP contribution in [0.2, 0.25) is 5.02 Å². The number of carbonyl (C=O) groups is 1. The zero-order chi connectivity index (χ0) is 31.7. The number of nitrogens with one attached hydrogen (secondary N) is 2. The number of alkyl halides is 3. The van der Waals surface area contributed by atoms with Crippen LogP contribution >= 0.6 is 11.6 Å². The van der Waals surface area contributed by atoms with Crippen LogP contribution in [-0.2, 0) is 18.0 Å². The van der Waals surface area contributed by atoms with E-state index in [1.807, 2.05) is 66.7 Å². The van der Waals surface area contributed by atoms with Gasteiger partial charge in [-0.15, -0.1) is 0 Å². The first-order valence-corrected chi connectivity index (χ1v) is 14.9. The molecule has 0 aliphatic heterocycles. The molecular formula is C36H32ClF3N2O3. The van der Waals surface area contributed by atoms with Crippen LogP contribution in [0.3, 0.4) is 0 Å². The molecule has 5 nitrogen and oxygen atoms in total. The van der Waals surface area contributed by atoms with E-state index < -0.39 is 17.2 Å². The molecule has 0 saturated heterocycles. The van der Waals surface area contributed by atoms with Crippen molar-refractivity contribution in [1.29, 1.82) is 0 Å². The highest BCUT2D eigenvalue weighted by Gasteiger charge is 2.38. The summed E-state index contributed by atoms with van der Waals surface area (Å²) in [6.45, 7) is 1.44. The van der Waals surface area contributed by atoms with Gasteiger partial charge in [0.15, 0.2) is 5.76 Å². The molecule has 0 bridgehead atoms. The second kappa shape index (κ2) is 14.5. The number of benzene rings is 4. The Morgan fingerprint density at radius 2 is 1.51 bits per heavy atom. The average Bonchev–Trinajstić information content (AvgIpc) is 3.59. The lowest BCUT2D eigenvalue weighted by Crippen LogP contribution is -2.42. The van der Waals surface area contributed by atoms with E-state index in [9.17, 15) is 18.0 Å². The van der Waals surface area contributed by atoms with Gasteiger partial charge in [0, 0.05) is 23.7 Å². The van der Waals surface area contributed by atoms with E-state index in [1.165, 1.54) is 12.3 Å². The molecule has 45 heavy (non-hydrogen) atoms. The predicted octanol–water partition coefficient (Wildman–Crippen LogP) is 8.79. The third-order valence-corrected chi connectivity index (χ3v) is 8.01. The second-order valence-corrected chi connectivity index (χ2v) is 11.0. The van der Waals surface area contributed by atoms with Gasteiger partial charge in [-0.3, -0.25) is 4.79 Å². The number of anilines is 1. The minimum atomic E-state index is -4.56. The van der Waals surface area contributed by atoms with E-state index in [-0.39, 0.29) is 23.1 Å². The molecule has 1 heterocycles. The van der Waals surface area contributed by atoms with Crippen LogP contribution in [-0.4, -0.2) is 25.6 Å². The van der Waals surface area contributed by atoms with Crippen molar-refractivity contribution in [3.63, 3.8) is 0 Å². The molecule has 0 spiro atoms. The molecule has 232 valence electrons. The fourth-order valence-corrected chi connectivity index (χ4v) is 5.67. The summed E-state index contributed by atoms with van der Waals surface area (Å²) in [5.74, 6) is 0.465. The average molecular weight is 633 g/mol. The quantitative estimate of drug-likeness (QED) is 0.127. The molecule has 0 saturated carbocycles. The fourth-order valence-electron chi connectivity index (χ4n) is 5.37. The first-order chi connectivity index (χ1) is 21.8. The van der Waals surface area contributed by atoms with E-state index in [0.717, 1.165) is 17.2 Å². The van der Waals surface area contributed by atoms with Crippen LogP contribution in [0, 0.1) is 0 Å². The third kappa shape index (κ3) is 7.95. The summed E-state index contributed by atoms with van der Waals surface area (Å²) in [7, 11) is 0. The molecule has 1 aromatic heterocycles. The van der Waals surface area contributed by atoms with Gasteiger partial charge >= 0.3 is 6.18 Å². The van der Waals surface area contributed by atoms with Gasteiger partial charge in [0.1, 0.15) is 5.75 Å². The highest BCUT2D eigenvalue weighted by Crippen LogP contribution is 2.41. The van der Waals surface area contributed by atoms with Crippen LogP contribution in [0.15, 0.2) is 126 Å². The molecule has 9 heteroatoms. The standard InChI is InChI=1S/C36H32ClF3N2O3/c37-33-26(11-7-18-31(33)36(38,39)40)24-35(27-12-3-1-4-13-27,28-14-5-2-6-15-28)25-41-20-10-22-44-30-17-8-16-29(23-30)42-34(43)32-19-9-21-45-32/h1-9,11-19,21,23,41H,10,20,22,24-25H2,(H,42,43). The van der Waals surface area contributed by atoms with Crippen molar-refractivity contribution in [2.75, 3.05) is 25.0 Å². The number of hydrogen-bond acceptors (Lipinski definition) is 4. The molecule has 0 fully saturated rings. The summed E-state index contributed by atoms with van der Waals surface area (Å²) in [6.07, 6.45) is -2.21. The normalized spacial score (nSPS) is 11.7. The zero-order valence-corrected chi connectivity index (χ0v) is 25.1. The van der Waals surface area contributed by atoms with Crippen molar-refractivity contribution in [2.24, 2.45) is 0 Å². The van der Waals surface area contributed by atoms with E-state index in [1.54, 1.807) is 36.4 Å². The van der Waals surface area contributed by atoms with Crippen molar-refractivity contribution in [2.45, 2.75) is 24.4 Å². The lowest BCUT2D eigenvalue weighted by molar-refractivity contribution is -0.137. The third-order valence-electron chi connectivity index (χ3n) is 7.56. The van der Waals surface area contributed by atoms with Gasteiger partial charge in [-0.2, -0.15) is 13.2 Å². The van der Waals surface area contributed by atoms with Crippen molar-refractivity contribution >= 4 is 23.2 Å². The van der Waals surface area contributed by atoms with Crippen molar-refractivity contribution in [1.82, 2.24) is 5.32 Å². The molecule has 1 amide bonds. The molecule has 0 radical (unpaired) electrons. The SMILES string of the molecule is O=C(Nc1cccc(OCCCNCC(Cc2cccc(C(F)(F)F)c2Cl)(c2ccccc2)c2ccccc2)c1)c1ccco1. The Balaban J connectivity index is 1.29. The number of hydrogen-bond donors (Lipinski definition) is 2. The van der Waals surface area contributed by atoms with Gasteiger partial charge in [-0.05, 0) is 66.4 Å². The van der Waals surface area contributed by atoms with Gasteiger partial charge in [-0.25, -0.2) is 0 Å². The maximum absolute atomic E-state index is 13.8. The second-order valence-electron chi connectivity index (χ2n) is 10.6. The lowest BCUT2D eigenvalue weighted by atomic mass is 9.70. The minimum Gasteiger partial charge on any atom is -0.493 e. The number of ether oxygens (including phenoxy) is 1. The van der Waals surface area contributed by atoms with Gasteiger partial charge in [-0.1, -0.05) is 90.5 Å². The van der Waals surface area contributed by atoms with Gasteiger partial charge < -0.3 is 19.8 Å². The first kappa shape index (κ1) is 31.9. The van der Waals surface area contributed by atoms with E-state index in [4.69, 9.17) is 20.8 Å². The Kier molecular flexibility index (Phi) is 10.3. The Hall–Kier alpha value is -4.53. The van der Waals surface area contributed by atoms with Gasteiger partial charge in [0.05, 0.1) is 23.5 Å². The highest BCUT2D eigenvalue weighted by molar-refractivity contribution is 6.32. The van der Waals surface area contributed by atoms with Crippen LogP contribution in [0.4, 0.5) is 18.9 Å². The molecule has 0 unspecified atom stereocenters. The first-order valence-electron chi connectivity index (χ1n) is 14.5. The predicted molar refractivity (Wildman–Crippen MR) is 170 cm³/mol. The van der Waals surface area contributed by atoms with E-state index in [2.05, 4.69) is 10.6 Å². The molecule has 0 aliphatic rings. The number of amides is 1. The van der Waals surface area contributed by atoms with Crippen LogP contribution in [0.5, 0.6) is 5.75 Å². The topological polar surface area (TPSA) is 63.5 Å². The van der Waals surface area contributed by atoms with Crippen molar-refractivity contribution < 1.29 is 27.1 Å². The summed E-state index contributed by atoms with van der Waals surface area (Å²) < 4.78 is 52.3. The fraction of sp³-hybridized carbons (Fsp3) is 0.194. The molecule has 5 rings (SSSR count). The Morgan fingerprint density at radius 3 is 2.16 bits per heavy atom. The molecular weight excluding hydrogens is 601 g/mol. The van der Waals surface area contributed by atoms with Crippen LogP contribution in [0.25, 0.3) is 0 Å². The van der Waals surface area contributed by atoms with Crippen LogP contribution < -0.4 is 15.4 Å². The monoisotopic (exact) mass is 632 g/mol. The molecule has 0 aliphatic carbocycles. The highest BCUT2D eigenvalue weighted by atomic mass is 35.5. The van der Waals surface area contributed by atoms with Gasteiger partial charge in [0.25, 0.3) is 5.91 Å². The van der Waals surface area contributed by atoms with E-state index >= 15 is 0 Å². The smallest absolute Gasteiger partial charge is 0.417 e. The summed E-state index contributed by atoms with van der Waals surface area (Å²) in [5, 5.41) is 6.04. The Bertz CT molecular complexity index is 1640. The molecule has 4 aromatic carbocycles. The number of furan rings is 1. The van der Waals surface area contributed by atoms with Crippen molar-refractivity contribution in [3.8, 4) is 5.75 Å². The minimum absolute atomic E-state index is 0.213. The Morgan fingerprint density at radius 1 is 0.822 bits per heavy atom. The number of rotatable bonds is 13. The van der Waals surface area contributed by atoms with Gasteiger partial charge in [0.2, 0.25) is 0 Å². The van der Waals surface area contributed by atoms with Crippen LogP contribution in [0.1, 0.15) is 39.2 Å². The maximum atomic E-state index is 13.8. The maximum Gasteiger partial charge on any atom is 0.417 e. The largest absolute Gasteiger partial charge is 0.493 e. The summed E-state index contributed by atoms with van der Waals surface area (Å²) in [4.78, 5) is 12.3. The Labute approximate surface area is 265 Å². The number of carbonyl (C=O) groups excluding carboxylic acids is 1. The molecule has 0 atom stereocenters. The molecule has 5 aromatic rings. The lowest BCUT2D eigenvalue weighted by Gasteiger charge is -2.36. The zero-order valence-electron chi connectivity index (χ0n) is 24.3. The number of halogens is 4. The summed E-state index contributed by atoms with van der Waals surface area (Å²) in [5.41, 5.74) is 1.37.